The quantitative estimate of drug-likeness (QED) is 0.0275. The van der Waals surface area contributed by atoms with Crippen LogP contribution in [0.4, 0.5) is 4.79 Å². The van der Waals surface area contributed by atoms with E-state index in [9.17, 15) is 82.1 Å². The molecule has 14 amide bonds. The number of para-hydroxylation sites is 1. The first-order chi connectivity index (χ1) is 54.4. The Kier molecular flexibility index (Phi) is 35.5. The lowest BCUT2D eigenvalue weighted by Crippen LogP contribution is -2.59. The lowest BCUT2D eigenvalue weighted by molar-refractivity contribution is -0.157. The third-order valence-corrected chi connectivity index (χ3v) is 19.8. The number of aromatic nitrogens is 4. The lowest BCUT2D eigenvalue weighted by atomic mass is 10.0. The van der Waals surface area contributed by atoms with Crippen LogP contribution in [-0.4, -0.2) is 218 Å². The second-order valence-electron chi connectivity index (χ2n) is 30.2. The summed E-state index contributed by atoms with van der Waals surface area (Å²) in [5.41, 5.74) is 7.86. The zero-order chi connectivity index (χ0) is 83.0. The molecule has 2 aliphatic heterocycles. The van der Waals surface area contributed by atoms with Crippen molar-refractivity contribution < 1.29 is 86.9 Å². The maximum Gasteiger partial charge on any atom is 0.329 e. The van der Waals surface area contributed by atoms with Crippen molar-refractivity contribution in [1.82, 2.24) is 88.6 Å². The van der Waals surface area contributed by atoms with Crippen LogP contribution in [0, 0.1) is 17.8 Å². The van der Waals surface area contributed by atoms with Crippen LogP contribution in [0.1, 0.15) is 168 Å². The second-order valence-corrected chi connectivity index (χ2v) is 30.2. The molecule has 0 radical (unpaired) electrons. The summed E-state index contributed by atoms with van der Waals surface area (Å²) in [5.74, 6) is -14.2. The van der Waals surface area contributed by atoms with Gasteiger partial charge >= 0.3 is 18.0 Å². The number of carbonyl (C=O) groups excluding carboxylic acids is 14. The van der Waals surface area contributed by atoms with Crippen molar-refractivity contribution in [3.05, 3.63) is 84.2 Å². The number of carbonyl (C=O) groups is 15. The zero-order valence-corrected chi connectivity index (χ0v) is 65.6. The van der Waals surface area contributed by atoms with Gasteiger partial charge in [0.25, 0.3) is 0 Å². The van der Waals surface area contributed by atoms with Gasteiger partial charge in [-0.3, -0.25) is 62.3 Å². The van der Waals surface area contributed by atoms with Gasteiger partial charge in [-0.25, -0.2) is 14.6 Å². The Bertz CT molecular complexity index is 4140. The minimum Gasteiger partial charge on any atom is -0.508 e. The topological polar surface area (TPSA) is 540 Å². The molecule has 36 nitrogen and oxygen atoms in total. The fraction of sp³-hybridized carbons (Fsp3) is 0.564. The monoisotopic (exact) mass is 1590 g/mol. The average molecular weight is 1590 g/mol. The molecule has 622 valence electrons. The number of nitrogens with zero attached hydrogens (tertiary/aromatic N) is 2. The molecule has 0 spiro atoms. The fourth-order valence-electron chi connectivity index (χ4n) is 13.7. The Hall–Kier alpha value is -11.6. The van der Waals surface area contributed by atoms with Crippen LogP contribution >= 0.6 is 0 Å². The number of cyclic esters (lactones) is 1. The van der Waals surface area contributed by atoms with Crippen LogP contribution in [0.25, 0.3) is 21.8 Å². The molecule has 0 bridgehead atoms. The third kappa shape index (κ3) is 29.2. The van der Waals surface area contributed by atoms with Crippen molar-refractivity contribution in [2.24, 2.45) is 23.5 Å². The molecule has 5 heterocycles. The molecule has 2 saturated heterocycles. The number of aliphatic carboxylic acids is 1. The van der Waals surface area contributed by atoms with E-state index < -0.39 is 194 Å². The molecular weight excluding hydrogens is 1480 g/mol. The number of nitrogens with two attached hydrogens (primary N) is 1. The van der Waals surface area contributed by atoms with Crippen LogP contribution in [0.3, 0.4) is 0 Å². The molecule has 36 heteroatoms. The van der Waals surface area contributed by atoms with E-state index in [0.717, 1.165) is 38.5 Å². The van der Waals surface area contributed by atoms with Crippen molar-refractivity contribution in [3.63, 3.8) is 0 Å². The Morgan fingerprint density at radius 2 is 1.10 bits per heavy atom. The number of aromatic amines is 3. The highest BCUT2D eigenvalue weighted by Gasteiger charge is 2.41. The first-order valence-electron chi connectivity index (χ1n) is 39.2. The normalized spacial score (nSPS) is 22.1. The van der Waals surface area contributed by atoms with Gasteiger partial charge in [-0.05, 0) is 91.7 Å². The molecule has 9 atom stereocenters. The number of unbranched alkanes of at least 4 members (excludes halogenated alkanes) is 8. The summed E-state index contributed by atoms with van der Waals surface area (Å²) in [6.45, 7) is 7.68. The highest BCUT2D eigenvalue weighted by molar-refractivity contribution is 6.00. The number of benzene rings is 2. The van der Waals surface area contributed by atoms with Crippen molar-refractivity contribution in [3.8, 4) is 5.75 Å². The molecule has 2 aliphatic rings. The summed E-state index contributed by atoms with van der Waals surface area (Å²) < 4.78 is 5.88. The van der Waals surface area contributed by atoms with Gasteiger partial charge in [0.05, 0.1) is 45.3 Å². The number of urea groups is 1. The Morgan fingerprint density at radius 1 is 0.553 bits per heavy atom. The number of nitrogens with one attached hydrogen (secondary N) is 15. The van der Waals surface area contributed by atoms with E-state index in [4.69, 9.17) is 10.5 Å². The number of primary amides is 1. The van der Waals surface area contributed by atoms with Crippen molar-refractivity contribution >= 4 is 111 Å². The summed E-state index contributed by atoms with van der Waals surface area (Å²) >= 11 is 0. The van der Waals surface area contributed by atoms with Crippen molar-refractivity contribution in [2.45, 2.75) is 224 Å². The van der Waals surface area contributed by atoms with Gasteiger partial charge in [0, 0.05) is 78.4 Å². The predicted octanol–water partition coefficient (Wildman–Crippen LogP) is 1.45. The number of esters is 1. The number of carboxylic acid groups (broad SMARTS) is 1. The smallest absolute Gasteiger partial charge is 0.329 e. The van der Waals surface area contributed by atoms with E-state index in [-0.39, 0.29) is 63.8 Å². The van der Waals surface area contributed by atoms with Crippen molar-refractivity contribution in [1.29, 1.82) is 0 Å². The van der Waals surface area contributed by atoms with Gasteiger partial charge < -0.3 is 104 Å². The molecule has 7 rings (SSSR count). The molecule has 0 aliphatic carbocycles. The number of phenols is 1. The number of ether oxygens (including phenoxy) is 1. The number of carboxylic acids is 1. The molecular formula is C78H112N18O18. The van der Waals surface area contributed by atoms with Gasteiger partial charge in [0.2, 0.25) is 70.9 Å². The van der Waals surface area contributed by atoms with E-state index >= 15 is 0 Å². The largest absolute Gasteiger partial charge is 0.508 e. The molecule has 19 N–H and O–H groups in total. The van der Waals surface area contributed by atoms with E-state index in [0.29, 0.717) is 63.8 Å². The Labute approximate surface area is 660 Å². The molecule has 0 saturated carbocycles. The number of hydrogen-bond donors (Lipinski definition) is 18. The minimum atomic E-state index is -1.88. The van der Waals surface area contributed by atoms with E-state index in [1.54, 1.807) is 64.2 Å². The Morgan fingerprint density at radius 3 is 1.70 bits per heavy atom. The van der Waals surface area contributed by atoms with E-state index in [1.807, 2.05) is 0 Å². The van der Waals surface area contributed by atoms with Crippen LogP contribution in [-0.2, 0) is 91.1 Å². The summed E-state index contributed by atoms with van der Waals surface area (Å²) in [6.07, 6.45) is 12.4. The molecule has 114 heavy (non-hydrogen) atoms. The maximum absolute atomic E-state index is 14.7. The third-order valence-electron chi connectivity index (χ3n) is 19.8. The van der Waals surface area contributed by atoms with Crippen LogP contribution in [0.5, 0.6) is 5.75 Å². The van der Waals surface area contributed by atoms with Crippen LogP contribution < -0.4 is 69.5 Å². The van der Waals surface area contributed by atoms with Crippen LogP contribution in [0.15, 0.2) is 67.4 Å². The van der Waals surface area contributed by atoms with Gasteiger partial charge in [0.1, 0.15) is 60.2 Å². The van der Waals surface area contributed by atoms with Crippen molar-refractivity contribution in [2.75, 3.05) is 39.3 Å². The highest BCUT2D eigenvalue weighted by atomic mass is 16.5. The number of rotatable bonds is 26. The standard InChI is InChI=1S/C78H112N18O18/c1-44(2)20-14-12-10-8-7-9-11-13-15-21-51-34-62(98)84-39-63(99)91-59(32-49-38-80-43-88-49)73(108)95-69(46(5)6)76(111)96-29-19-25-61(96)74(109)87-41-64(100)89-56(24-18-28-81-78(79)113)72(107)92-58(31-48-37-83-55-27-26-50(97)33-53(48)55)71(106)85-40-65(101)90-57(30-47-36-82-54-23-17-16-22-52(47)54)70(105)86-42-66(102)94-68(45(3)4)75(110)93-60(35-67(103)104)77(112)114-51/h16-17,22-23,26-27,33,36-38,43-46,51,56-61,68-69,82-83,97H,7-15,18-21,24-25,28-32,34-35,39-42H2,1-6H3,(H,80,88)(H,84,98)(H,85,106)(H,86,105)(H,87,109)(H,89,100)(H,90,101)(H,91,99)(H,92,107)(H,93,110)(H,94,102)(H,95,108)(H,103,104)(H3,79,81,113). The van der Waals surface area contributed by atoms with Crippen LogP contribution in [0.2, 0.25) is 0 Å². The SMILES string of the molecule is CC(C)CCCCCCCCCCCC1CC(=O)NCC(=O)NC(Cc2cnc[nH]2)C(=O)NC(C(C)C)C(=O)N2CCCC2C(=O)NCC(=O)NC(CCCNC(N)=O)C(=O)NC(Cc2c[nH]c3ccc(O)cc23)C(=O)NCC(=O)NC(Cc2c[nH]c3ccccc23)C(=O)NCC(=O)NC(C(C)C)C(=O)NC(CC(=O)O)C(=O)O1. The zero-order valence-electron chi connectivity index (χ0n) is 65.6. The number of fused-ring (bicyclic) bond motifs is 3. The number of H-pyrrole nitrogens is 3. The van der Waals surface area contributed by atoms with Gasteiger partial charge in [-0.1, -0.05) is 118 Å². The first kappa shape index (κ1) is 89.6. The first-order valence-corrected chi connectivity index (χ1v) is 39.2. The predicted molar refractivity (Wildman–Crippen MR) is 417 cm³/mol. The molecule has 3 aromatic heterocycles. The number of amides is 14. The summed E-state index contributed by atoms with van der Waals surface area (Å²) in [6, 6.07) is -1.15. The fourth-order valence-corrected chi connectivity index (χ4v) is 13.7. The van der Waals surface area contributed by atoms with Gasteiger partial charge in [0.15, 0.2) is 0 Å². The Balaban J connectivity index is 1.18. The van der Waals surface area contributed by atoms with Gasteiger partial charge in [-0.2, -0.15) is 0 Å². The molecule has 2 aromatic carbocycles. The van der Waals surface area contributed by atoms with E-state index in [1.165, 1.54) is 48.6 Å². The second kappa shape index (κ2) is 45.2. The summed E-state index contributed by atoms with van der Waals surface area (Å²) in [5, 5.41) is 52.3. The van der Waals surface area contributed by atoms with Gasteiger partial charge in [-0.15, -0.1) is 0 Å². The highest BCUT2D eigenvalue weighted by Crippen LogP contribution is 2.26. The number of aromatic hydroxyl groups is 1. The molecule has 9 unspecified atom stereocenters. The number of hydrogen-bond acceptors (Lipinski definition) is 18. The average Bonchev–Trinajstić information content (AvgIpc) is 1.66. The number of imidazole rings is 1. The maximum atomic E-state index is 14.7. The summed E-state index contributed by atoms with van der Waals surface area (Å²) in [4.78, 5) is 224. The minimum absolute atomic E-state index is 0.0246. The van der Waals surface area contributed by atoms with E-state index in [2.05, 4.69) is 97.6 Å². The summed E-state index contributed by atoms with van der Waals surface area (Å²) in [7, 11) is 0. The molecule has 2 fully saturated rings. The lowest BCUT2D eigenvalue weighted by Gasteiger charge is -2.31. The number of phenolic OH excluding ortho intramolecular Hbond substituents is 1. The molecule has 5 aromatic rings.